The third-order valence-electron chi connectivity index (χ3n) is 1.86. The molecule has 4 heteroatoms. The molecule has 1 saturated heterocycles. The van der Waals surface area contributed by atoms with Gasteiger partial charge in [0.15, 0.2) is 0 Å². The van der Waals surface area contributed by atoms with Gasteiger partial charge >= 0.3 is 0 Å². The van der Waals surface area contributed by atoms with Crippen LogP contribution in [0.5, 0.6) is 0 Å². The van der Waals surface area contributed by atoms with E-state index in [1.807, 2.05) is 0 Å². The van der Waals surface area contributed by atoms with Crippen LogP contribution in [0, 0.1) is 11.8 Å². The predicted octanol–water partition coefficient (Wildman–Crippen LogP) is -1.09. The number of rotatable bonds is 2. The van der Waals surface area contributed by atoms with Crippen LogP contribution in [0.4, 0.5) is 0 Å². The Morgan fingerprint density at radius 3 is 2.85 bits per heavy atom. The van der Waals surface area contributed by atoms with Crippen molar-refractivity contribution < 1.29 is 9.84 Å². The minimum Gasteiger partial charge on any atom is -0.384 e. The van der Waals surface area contributed by atoms with E-state index in [0.717, 1.165) is 13.1 Å². The molecule has 1 fully saturated rings. The molecule has 0 saturated carbocycles. The Morgan fingerprint density at radius 1 is 1.38 bits per heavy atom. The van der Waals surface area contributed by atoms with Crippen molar-refractivity contribution in [3.05, 3.63) is 0 Å². The van der Waals surface area contributed by atoms with Crippen LogP contribution in [0.1, 0.15) is 6.92 Å². The highest BCUT2D eigenvalue weighted by molar-refractivity contribution is 4.98. The first-order valence-corrected chi connectivity index (χ1v) is 4.48. The molecule has 0 spiro atoms. The van der Waals surface area contributed by atoms with Gasteiger partial charge < -0.3 is 15.2 Å². The summed E-state index contributed by atoms with van der Waals surface area (Å²) in [6, 6.07) is 0.503. The zero-order valence-electron chi connectivity index (χ0n) is 7.84. The fourth-order valence-electron chi connectivity index (χ4n) is 1.13. The second-order valence-corrected chi connectivity index (χ2v) is 3.03. The van der Waals surface area contributed by atoms with Crippen molar-refractivity contribution in [3.63, 3.8) is 0 Å². The van der Waals surface area contributed by atoms with Crippen LogP contribution in [-0.4, -0.2) is 43.7 Å². The molecule has 0 aliphatic carbocycles. The van der Waals surface area contributed by atoms with Gasteiger partial charge in [-0.25, -0.2) is 0 Å². The SMILES string of the molecule is CC1CNC(OCC#CCO)CN1. The maximum absolute atomic E-state index is 8.38. The third kappa shape index (κ3) is 4.25. The van der Waals surface area contributed by atoms with E-state index in [-0.39, 0.29) is 12.8 Å². The van der Waals surface area contributed by atoms with E-state index in [9.17, 15) is 0 Å². The van der Waals surface area contributed by atoms with E-state index < -0.39 is 0 Å². The Hall–Kier alpha value is -0.600. The fourth-order valence-corrected chi connectivity index (χ4v) is 1.13. The van der Waals surface area contributed by atoms with E-state index in [0.29, 0.717) is 12.6 Å². The summed E-state index contributed by atoms with van der Waals surface area (Å²) < 4.78 is 5.38. The fraction of sp³-hybridized carbons (Fsp3) is 0.778. The van der Waals surface area contributed by atoms with Gasteiger partial charge in [-0.15, -0.1) is 0 Å². The van der Waals surface area contributed by atoms with Crippen molar-refractivity contribution >= 4 is 0 Å². The van der Waals surface area contributed by atoms with E-state index in [1.54, 1.807) is 0 Å². The van der Waals surface area contributed by atoms with Crippen LogP contribution in [0.3, 0.4) is 0 Å². The summed E-state index contributed by atoms with van der Waals surface area (Å²) in [5.41, 5.74) is 0. The van der Waals surface area contributed by atoms with Gasteiger partial charge in [0.1, 0.15) is 19.4 Å². The molecular formula is C9H16N2O2. The lowest BCUT2D eigenvalue weighted by Gasteiger charge is -2.28. The number of hydrogen-bond donors (Lipinski definition) is 3. The lowest BCUT2D eigenvalue weighted by Crippen LogP contribution is -2.54. The quantitative estimate of drug-likeness (QED) is 0.477. The van der Waals surface area contributed by atoms with E-state index in [1.165, 1.54) is 0 Å². The maximum atomic E-state index is 8.38. The summed E-state index contributed by atoms with van der Waals surface area (Å²) in [7, 11) is 0. The Labute approximate surface area is 78.7 Å². The largest absolute Gasteiger partial charge is 0.384 e. The molecule has 1 aliphatic rings. The number of aliphatic hydroxyl groups is 1. The standard InChI is InChI=1S/C9H16N2O2/c1-8-6-11-9(7-10-8)13-5-3-2-4-12/h8-12H,4-7H2,1H3. The summed E-state index contributed by atoms with van der Waals surface area (Å²) in [6.45, 7) is 4.11. The molecule has 2 atom stereocenters. The molecule has 74 valence electrons. The molecule has 13 heavy (non-hydrogen) atoms. The van der Waals surface area contributed by atoms with Crippen LogP contribution in [0.2, 0.25) is 0 Å². The highest BCUT2D eigenvalue weighted by atomic mass is 16.5. The van der Waals surface area contributed by atoms with Crippen molar-refractivity contribution in [2.45, 2.75) is 19.2 Å². The highest BCUT2D eigenvalue weighted by Crippen LogP contribution is 1.93. The van der Waals surface area contributed by atoms with Gasteiger partial charge in [-0.2, -0.15) is 0 Å². The first-order valence-electron chi connectivity index (χ1n) is 4.48. The van der Waals surface area contributed by atoms with Gasteiger partial charge in [-0.1, -0.05) is 11.8 Å². The summed E-state index contributed by atoms with van der Waals surface area (Å²) in [5.74, 6) is 5.23. The number of piperazine rings is 1. The van der Waals surface area contributed by atoms with Gasteiger partial charge in [-0.05, 0) is 6.92 Å². The van der Waals surface area contributed by atoms with Gasteiger partial charge in [0, 0.05) is 19.1 Å². The van der Waals surface area contributed by atoms with Gasteiger partial charge in [0.05, 0.1) is 0 Å². The minimum atomic E-state index is -0.100. The monoisotopic (exact) mass is 184 g/mol. The molecule has 2 unspecified atom stereocenters. The number of nitrogens with one attached hydrogen (secondary N) is 2. The average molecular weight is 184 g/mol. The molecule has 0 amide bonds. The summed E-state index contributed by atoms with van der Waals surface area (Å²) in [6.07, 6.45) is 0.0455. The Morgan fingerprint density at radius 2 is 2.23 bits per heavy atom. The molecule has 1 rings (SSSR count). The molecule has 0 bridgehead atoms. The predicted molar refractivity (Wildman–Crippen MR) is 50.1 cm³/mol. The molecule has 0 radical (unpaired) electrons. The lowest BCUT2D eigenvalue weighted by molar-refractivity contribution is 0.0347. The highest BCUT2D eigenvalue weighted by Gasteiger charge is 2.15. The number of hydrogen-bond acceptors (Lipinski definition) is 4. The van der Waals surface area contributed by atoms with Gasteiger partial charge in [-0.3, -0.25) is 5.32 Å². The molecule has 0 aromatic heterocycles. The Balaban J connectivity index is 2.09. The van der Waals surface area contributed by atoms with Crippen molar-refractivity contribution in [3.8, 4) is 11.8 Å². The van der Waals surface area contributed by atoms with Crippen LogP contribution in [0.15, 0.2) is 0 Å². The molecule has 0 aromatic carbocycles. The minimum absolute atomic E-state index is 0.0455. The van der Waals surface area contributed by atoms with E-state index in [2.05, 4.69) is 29.4 Å². The zero-order valence-corrected chi connectivity index (χ0v) is 7.84. The summed E-state index contributed by atoms with van der Waals surface area (Å²) in [5, 5.41) is 14.9. The van der Waals surface area contributed by atoms with Crippen molar-refractivity contribution in [2.24, 2.45) is 0 Å². The van der Waals surface area contributed by atoms with Crippen molar-refractivity contribution in [2.75, 3.05) is 26.3 Å². The molecule has 1 heterocycles. The third-order valence-corrected chi connectivity index (χ3v) is 1.86. The Bertz CT molecular complexity index is 190. The molecular weight excluding hydrogens is 168 g/mol. The average Bonchev–Trinajstić information content (AvgIpc) is 2.15. The van der Waals surface area contributed by atoms with Crippen molar-refractivity contribution in [1.82, 2.24) is 10.6 Å². The van der Waals surface area contributed by atoms with E-state index in [4.69, 9.17) is 9.84 Å². The van der Waals surface area contributed by atoms with E-state index >= 15 is 0 Å². The van der Waals surface area contributed by atoms with Crippen LogP contribution in [-0.2, 0) is 4.74 Å². The summed E-state index contributed by atoms with van der Waals surface area (Å²) in [4.78, 5) is 0. The van der Waals surface area contributed by atoms with Gasteiger partial charge in [0.25, 0.3) is 0 Å². The maximum Gasteiger partial charge on any atom is 0.122 e. The van der Waals surface area contributed by atoms with Crippen molar-refractivity contribution in [1.29, 1.82) is 0 Å². The van der Waals surface area contributed by atoms with Crippen LogP contribution in [0.25, 0.3) is 0 Å². The Kier molecular flexibility index (Phi) is 4.79. The second-order valence-electron chi connectivity index (χ2n) is 3.03. The number of ether oxygens (including phenoxy) is 1. The topological polar surface area (TPSA) is 53.5 Å². The zero-order chi connectivity index (χ0) is 9.52. The molecule has 0 aromatic rings. The molecule has 3 N–H and O–H groups in total. The molecule has 4 nitrogen and oxygen atoms in total. The first-order chi connectivity index (χ1) is 6.33. The van der Waals surface area contributed by atoms with Crippen LogP contribution >= 0.6 is 0 Å². The smallest absolute Gasteiger partial charge is 0.122 e. The lowest BCUT2D eigenvalue weighted by atomic mass is 10.2. The van der Waals surface area contributed by atoms with Crippen LogP contribution < -0.4 is 10.6 Å². The summed E-state index contributed by atoms with van der Waals surface area (Å²) >= 11 is 0. The number of aliphatic hydroxyl groups excluding tert-OH is 1. The molecule has 1 aliphatic heterocycles. The van der Waals surface area contributed by atoms with Gasteiger partial charge in [0.2, 0.25) is 0 Å². The second kappa shape index (κ2) is 5.95. The first kappa shape index (κ1) is 10.5. The normalized spacial score (nSPS) is 27.8.